The van der Waals surface area contributed by atoms with Crippen LogP contribution < -0.4 is 0 Å². The van der Waals surface area contributed by atoms with Gasteiger partial charge in [-0.1, -0.05) is 0 Å². The molecular weight excluding hydrogens is 156 g/mol. The Morgan fingerprint density at radius 2 is 2.42 bits per heavy atom. The molecule has 0 radical (unpaired) electrons. The van der Waals surface area contributed by atoms with Crippen molar-refractivity contribution in [3.63, 3.8) is 0 Å². The average molecular weight is 168 g/mol. The van der Waals surface area contributed by atoms with Crippen LogP contribution in [-0.4, -0.2) is 20.6 Å². The number of hydrogen-bond acceptors (Lipinski definition) is 2. The summed E-state index contributed by atoms with van der Waals surface area (Å²) in [6, 6.07) is 0.266. The normalized spacial score (nSPS) is 10.6. The third-order valence-electron chi connectivity index (χ3n) is 1.63. The van der Waals surface area contributed by atoms with Gasteiger partial charge in [-0.3, -0.25) is 4.79 Å². The summed E-state index contributed by atoms with van der Waals surface area (Å²) in [5, 5.41) is 8.55. The van der Waals surface area contributed by atoms with Crippen molar-refractivity contribution in [3.8, 4) is 0 Å². The molecule has 12 heavy (non-hydrogen) atoms. The van der Waals surface area contributed by atoms with Gasteiger partial charge in [-0.25, -0.2) is 4.98 Å². The number of aromatic nitrogens is 2. The first-order valence-electron chi connectivity index (χ1n) is 3.83. The van der Waals surface area contributed by atoms with Crippen LogP contribution in [-0.2, 0) is 11.2 Å². The highest BCUT2D eigenvalue weighted by molar-refractivity contribution is 5.69. The molecule has 1 aromatic rings. The van der Waals surface area contributed by atoms with E-state index in [0.29, 0.717) is 0 Å². The van der Waals surface area contributed by atoms with Crippen LogP contribution in [0.5, 0.6) is 0 Å². The van der Waals surface area contributed by atoms with E-state index in [9.17, 15) is 4.79 Å². The van der Waals surface area contributed by atoms with Gasteiger partial charge in [-0.15, -0.1) is 0 Å². The van der Waals surface area contributed by atoms with E-state index in [1.165, 1.54) is 0 Å². The second-order valence-corrected chi connectivity index (χ2v) is 2.96. The van der Waals surface area contributed by atoms with Gasteiger partial charge in [0, 0.05) is 17.9 Å². The molecule has 0 aliphatic carbocycles. The van der Waals surface area contributed by atoms with Gasteiger partial charge in [0.15, 0.2) is 0 Å². The minimum absolute atomic E-state index is 0.0399. The van der Waals surface area contributed by atoms with Gasteiger partial charge in [-0.05, 0) is 13.8 Å². The summed E-state index contributed by atoms with van der Waals surface area (Å²) in [4.78, 5) is 14.3. The Bertz CT molecular complexity index is 278. The molecule has 0 aromatic carbocycles. The molecule has 0 spiro atoms. The second kappa shape index (κ2) is 3.38. The van der Waals surface area contributed by atoms with Crippen LogP contribution >= 0.6 is 0 Å². The van der Waals surface area contributed by atoms with Gasteiger partial charge in [0.05, 0.1) is 12.7 Å². The number of hydrogen-bond donors (Lipinski definition) is 1. The maximum absolute atomic E-state index is 10.4. The quantitative estimate of drug-likeness (QED) is 0.735. The molecule has 1 aromatic heterocycles. The van der Waals surface area contributed by atoms with Crippen LogP contribution in [0.3, 0.4) is 0 Å². The molecule has 66 valence electrons. The number of carboxylic acids is 1. The fourth-order valence-electron chi connectivity index (χ4n) is 1.09. The molecule has 0 amide bonds. The molecule has 1 heterocycles. The van der Waals surface area contributed by atoms with E-state index in [1.54, 1.807) is 12.5 Å². The monoisotopic (exact) mass is 168 g/mol. The summed E-state index contributed by atoms with van der Waals surface area (Å²) in [6.45, 7) is 3.99. The molecule has 4 nitrogen and oxygen atoms in total. The molecule has 1 rings (SSSR count). The Balaban J connectivity index is 2.84. The van der Waals surface area contributed by atoms with Crippen molar-refractivity contribution in [2.45, 2.75) is 26.3 Å². The van der Waals surface area contributed by atoms with Gasteiger partial charge in [0.2, 0.25) is 0 Å². The highest BCUT2D eigenvalue weighted by Crippen LogP contribution is 2.08. The molecule has 0 saturated carbocycles. The van der Waals surface area contributed by atoms with Crippen LogP contribution in [0.4, 0.5) is 0 Å². The summed E-state index contributed by atoms with van der Waals surface area (Å²) in [5.74, 6) is -0.822. The minimum atomic E-state index is -0.822. The van der Waals surface area contributed by atoms with E-state index < -0.39 is 5.97 Å². The first-order valence-corrected chi connectivity index (χ1v) is 3.83. The zero-order valence-corrected chi connectivity index (χ0v) is 7.19. The lowest BCUT2D eigenvalue weighted by Gasteiger charge is -2.09. The first kappa shape index (κ1) is 8.77. The van der Waals surface area contributed by atoms with Crippen molar-refractivity contribution >= 4 is 5.97 Å². The van der Waals surface area contributed by atoms with E-state index in [0.717, 1.165) is 5.69 Å². The highest BCUT2D eigenvalue weighted by Gasteiger charge is 2.08. The maximum Gasteiger partial charge on any atom is 0.309 e. The van der Waals surface area contributed by atoms with E-state index in [-0.39, 0.29) is 12.5 Å². The van der Waals surface area contributed by atoms with E-state index in [4.69, 9.17) is 5.11 Å². The topological polar surface area (TPSA) is 55.1 Å². The molecule has 4 heteroatoms. The molecule has 0 fully saturated rings. The van der Waals surface area contributed by atoms with Gasteiger partial charge in [-0.2, -0.15) is 0 Å². The van der Waals surface area contributed by atoms with E-state index in [1.807, 2.05) is 18.4 Å². The number of carbonyl (C=O) groups is 1. The molecule has 0 aliphatic rings. The SMILES string of the molecule is CC(C)n1cncc1CC(=O)O. The maximum atomic E-state index is 10.4. The Morgan fingerprint density at radius 1 is 1.75 bits per heavy atom. The zero-order valence-electron chi connectivity index (χ0n) is 7.19. The summed E-state index contributed by atoms with van der Waals surface area (Å²) < 4.78 is 1.86. The number of imidazole rings is 1. The van der Waals surface area contributed by atoms with Crippen molar-refractivity contribution in [1.29, 1.82) is 0 Å². The number of nitrogens with zero attached hydrogens (tertiary/aromatic N) is 2. The van der Waals surface area contributed by atoms with E-state index >= 15 is 0 Å². The standard InChI is InChI=1S/C8H12N2O2/c1-6(2)10-5-9-4-7(10)3-8(11)12/h4-6H,3H2,1-2H3,(H,11,12). The number of rotatable bonds is 3. The van der Waals surface area contributed by atoms with Crippen LogP contribution in [0.2, 0.25) is 0 Å². The fourth-order valence-corrected chi connectivity index (χ4v) is 1.09. The Labute approximate surface area is 70.9 Å². The third kappa shape index (κ3) is 1.84. The molecule has 0 bridgehead atoms. The predicted molar refractivity (Wildman–Crippen MR) is 44.0 cm³/mol. The first-order chi connectivity index (χ1) is 5.61. The van der Waals surface area contributed by atoms with Crippen molar-refractivity contribution in [1.82, 2.24) is 9.55 Å². The molecule has 0 aliphatic heterocycles. The molecule has 0 saturated heterocycles. The van der Waals surface area contributed by atoms with Crippen LogP contribution in [0.1, 0.15) is 25.6 Å². The minimum Gasteiger partial charge on any atom is -0.481 e. The Hall–Kier alpha value is -1.32. The second-order valence-electron chi connectivity index (χ2n) is 2.96. The van der Waals surface area contributed by atoms with Crippen molar-refractivity contribution in [2.75, 3.05) is 0 Å². The van der Waals surface area contributed by atoms with Crippen LogP contribution in [0.15, 0.2) is 12.5 Å². The largest absolute Gasteiger partial charge is 0.481 e. The lowest BCUT2D eigenvalue weighted by atomic mass is 10.3. The molecule has 1 N–H and O–H groups in total. The van der Waals surface area contributed by atoms with Gasteiger partial charge in [0.25, 0.3) is 0 Å². The Kier molecular flexibility index (Phi) is 2.47. The van der Waals surface area contributed by atoms with Gasteiger partial charge < -0.3 is 9.67 Å². The smallest absolute Gasteiger partial charge is 0.309 e. The molecular formula is C8H12N2O2. The summed E-state index contributed by atoms with van der Waals surface area (Å²) in [7, 11) is 0. The van der Waals surface area contributed by atoms with Crippen LogP contribution in [0, 0.1) is 0 Å². The van der Waals surface area contributed by atoms with Crippen molar-refractivity contribution < 1.29 is 9.90 Å². The van der Waals surface area contributed by atoms with Crippen molar-refractivity contribution in [3.05, 3.63) is 18.2 Å². The predicted octanol–water partition coefficient (Wildman–Crippen LogP) is 1.09. The number of aliphatic carboxylic acids is 1. The summed E-state index contributed by atoms with van der Waals surface area (Å²) in [5.41, 5.74) is 0.748. The zero-order chi connectivity index (χ0) is 9.14. The molecule has 0 atom stereocenters. The average Bonchev–Trinajstić information content (AvgIpc) is 2.33. The van der Waals surface area contributed by atoms with Crippen molar-refractivity contribution in [2.24, 2.45) is 0 Å². The summed E-state index contributed by atoms with van der Waals surface area (Å²) in [6.07, 6.45) is 3.29. The lowest BCUT2D eigenvalue weighted by Crippen LogP contribution is -2.09. The summed E-state index contributed by atoms with van der Waals surface area (Å²) >= 11 is 0. The third-order valence-corrected chi connectivity index (χ3v) is 1.63. The van der Waals surface area contributed by atoms with Gasteiger partial charge >= 0.3 is 5.97 Å². The van der Waals surface area contributed by atoms with Crippen LogP contribution in [0.25, 0.3) is 0 Å². The molecule has 0 unspecified atom stereocenters. The highest BCUT2D eigenvalue weighted by atomic mass is 16.4. The van der Waals surface area contributed by atoms with E-state index in [2.05, 4.69) is 4.98 Å². The Morgan fingerprint density at radius 3 is 2.92 bits per heavy atom. The number of carboxylic acid groups (broad SMARTS) is 1. The fraction of sp³-hybridized carbons (Fsp3) is 0.500. The lowest BCUT2D eigenvalue weighted by molar-refractivity contribution is -0.136. The van der Waals surface area contributed by atoms with Gasteiger partial charge in [0.1, 0.15) is 0 Å².